The standard InChI is InChI=1S/C20H26O.C6H6/c1-19(2,3)16-12-15(14-10-8-7-9-11-14)13-17(18(16)21)20(4,5)6;1-2-4-6-5-3-1/h7-13,21H,1-6H3;1-6H. The molecule has 0 aliphatic carbocycles. The van der Waals surface area contributed by atoms with Crippen molar-refractivity contribution in [2.24, 2.45) is 0 Å². The Hall–Kier alpha value is -2.54. The molecule has 1 nitrogen and oxygen atoms in total. The number of phenolic OH excluding ortho intramolecular Hbond substituents is 1. The third-order valence-corrected chi connectivity index (χ3v) is 4.50. The lowest BCUT2D eigenvalue weighted by Gasteiger charge is -2.28. The first-order valence-corrected chi connectivity index (χ1v) is 9.54. The molecule has 0 aliphatic rings. The fourth-order valence-electron chi connectivity index (χ4n) is 2.96. The summed E-state index contributed by atoms with van der Waals surface area (Å²) in [5, 5.41) is 10.7. The molecule has 1 N–H and O–H groups in total. The molecule has 0 aromatic heterocycles. The van der Waals surface area contributed by atoms with Gasteiger partial charge in [-0.1, -0.05) is 108 Å². The van der Waals surface area contributed by atoms with E-state index in [-0.39, 0.29) is 10.8 Å². The summed E-state index contributed by atoms with van der Waals surface area (Å²) in [4.78, 5) is 0. The van der Waals surface area contributed by atoms with Crippen LogP contribution in [0.5, 0.6) is 5.75 Å². The van der Waals surface area contributed by atoms with E-state index in [2.05, 4.69) is 77.9 Å². The van der Waals surface area contributed by atoms with E-state index in [1.165, 1.54) is 11.1 Å². The Bertz CT molecular complexity index is 773. The van der Waals surface area contributed by atoms with E-state index < -0.39 is 0 Å². The van der Waals surface area contributed by atoms with Crippen LogP contribution < -0.4 is 0 Å². The lowest BCUT2D eigenvalue weighted by atomic mass is 9.78. The molecule has 0 spiro atoms. The number of phenols is 1. The first kappa shape index (κ1) is 20.8. The van der Waals surface area contributed by atoms with Crippen LogP contribution >= 0.6 is 0 Å². The Labute approximate surface area is 164 Å². The molecule has 0 heterocycles. The zero-order valence-electron chi connectivity index (χ0n) is 17.5. The third kappa shape index (κ3) is 5.72. The number of rotatable bonds is 1. The van der Waals surface area contributed by atoms with Crippen molar-refractivity contribution in [3.63, 3.8) is 0 Å². The SMILES string of the molecule is CC(C)(C)c1cc(-c2ccccc2)cc(C(C)(C)C)c1O.c1ccccc1. The molecular weight excluding hydrogens is 328 g/mol. The first-order valence-electron chi connectivity index (χ1n) is 9.54. The van der Waals surface area contributed by atoms with Crippen molar-refractivity contribution >= 4 is 0 Å². The average Bonchev–Trinajstić information content (AvgIpc) is 2.63. The summed E-state index contributed by atoms with van der Waals surface area (Å²) in [6, 6.07) is 26.6. The molecule has 0 amide bonds. The van der Waals surface area contributed by atoms with Gasteiger partial charge >= 0.3 is 0 Å². The van der Waals surface area contributed by atoms with Crippen molar-refractivity contribution in [2.75, 3.05) is 0 Å². The van der Waals surface area contributed by atoms with Gasteiger partial charge in [-0.25, -0.2) is 0 Å². The summed E-state index contributed by atoms with van der Waals surface area (Å²) >= 11 is 0. The van der Waals surface area contributed by atoms with Gasteiger partial charge in [0.05, 0.1) is 0 Å². The molecule has 0 saturated heterocycles. The van der Waals surface area contributed by atoms with E-state index in [0.717, 1.165) is 11.1 Å². The smallest absolute Gasteiger partial charge is 0.123 e. The van der Waals surface area contributed by atoms with Crippen LogP contribution in [0.25, 0.3) is 11.1 Å². The zero-order valence-corrected chi connectivity index (χ0v) is 17.5. The monoisotopic (exact) mass is 360 g/mol. The number of aromatic hydroxyl groups is 1. The van der Waals surface area contributed by atoms with Gasteiger partial charge in [0.2, 0.25) is 0 Å². The van der Waals surface area contributed by atoms with Crippen molar-refractivity contribution in [3.8, 4) is 16.9 Å². The lowest BCUT2D eigenvalue weighted by Crippen LogP contribution is -2.17. The Kier molecular flexibility index (Phi) is 6.49. The topological polar surface area (TPSA) is 20.2 Å². The van der Waals surface area contributed by atoms with Crippen LogP contribution in [0.15, 0.2) is 78.9 Å². The van der Waals surface area contributed by atoms with Crippen molar-refractivity contribution in [1.29, 1.82) is 0 Å². The van der Waals surface area contributed by atoms with Crippen LogP contribution in [0, 0.1) is 0 Å². The Morgan fingerprint density at radius 1 is 0.519 bits per heavy atom. The Morgan fingerprint density at radius 3 is 1.19 bits per heavy atom. The molecular formula is C26H32O. The fraction of sp³-hybridized carbons (Fsp3) is 0.308. The Morgan fingerprint density at radius 2 is 0.852 bits per heavy atom. The largest absolute Gasteiger partial charge is 0.507 e. The van der Waals surface area contributed by atoms with E-state index in [9.17, 15) is 5.11 Å². The normalized spacial score (nSPS) is 11.5. The van der Waals surface area contributed by atoms with E-state index in [1.807, 2.05) is 42.5 Å². The number of hydrogen-bond donors (Lipinski definition) is 1. The predicted octanol–water partition coefficient (Wildman–Crippen LogP) is 7.34. The summed E-state index contributed by atoms with van der Waals surface area (Å²) in [5.41, 5.74) is 4.20. The second-order valence-corrected chi connectivity index (χ2v) is 8.94. The van der Waals surface area contributed by atoms with Crippen LogP contribution in [-0.4, -0.2) is 5.11 Å². The first-order chi connectivity index (χ1) is 12.6. The summed E-state index contributed by atoms with van der Waals surface area (Å²) in [5.74, 6) is 0.440. The van der Waals surface area contributed by atoms with E-state index in [1.54, 1.807) is 0 Å². The van der Waals surface area contributed by atoms with Gasteiger partial charge < -0.3 is 5.11 Å². The van der Waals surface area contributed by atoms with Gasteiger partial charge in [-0.15, -0.1) is 0 Å². The molecule has 3 aromatic carbocycles. The molecule has 3 aromatic rings. The second-order valence-electron chi connectivity index (χ2n) is 8.94. The highest BCUT2D eigenvalue weighted by Gasteiger charge is 2.26. The summed E-state index contributed by atoms with van der Waals surface area (Å²) in [7, 11) is 0. The molecule has 0 unspecified atom stereocenters. The molecule has 0 fully saturated rings. The van der Waals surface area contributed by atoms with Crippen LogP contribution in [-0.2, 0) is 10.8 Å². The zero-order chi connectivity index (χ0) is 20.1. The highest BCUT2D eigenvalue weighted by molar-refractivity contribution is 5.68. The van der Waals surface area contributed by atoms with Crippen LogP contribution in [0.1, 0.15) is 52.7 Å². The highest BCUT2D eigenvalue weighted by atomic mass is 16.3. The van der Waals surface area contributed by atoms with Crippen LogP contribution in [0.3, 0.4) is 0 Å². The lowest BCUT2D eigenvalue weighted by molar-refractivity contribution is 0.423. The van der Waals surface area contributed by atoms with E-state index in [0.29, 0.717) is 5.75 Å². The van der Waals surface area contributed by atoms with Crippen LogP contribution in [0.4, 0.5) is 0 Å². The molecule has 27 heavy (non-hydrogen) atoms. The van der Waals surface area contributed by atoms with Crippen molar-refractivity contribution in [3.05, 3.63) is 90.0 Å². The van der Waals surface area contributed by atoms with Gasteiger partial charge in [0.25, 0.3) is 0 Å². The van der Waals surface area contributed by atoms with Crippen molar-refractivity contribution in [2.45, 2.75) is 52.4 Å². The minimum atomic E-state index is -0.0884. The maximum absolute atomic E-state index is 10.7. The molecule has 142 valence electrons. The van der Waals surface area contributed by atoms with E-state index >= 15 is 0 Å². The van der Waals surface area contributed by atoms with Gasteiger partial charge in [0.1, 0.15) is 5.75 Å². The molecule has 0 radical (unpaired) electrons. The summed E-state index contributed by atoms with van der Waals surface area (Å²) < 4.78 is 0. The molecule has 0 bridgehead atoms. The summed E-state index contributed by atoms with van der Waals surface area (Å²) in [6.45, 7) is 12.9. The molecule has 0 saturated carbocycles. The highest BCUT2D eigenvalue weighted by Crippen LogP contribution is 2.41. The van der Waals surface area contributed by atoms with Gasteiger partial charge in [-0.2, -0.15) is 0 Å². The molecule has 3 rings (SSSR count). The minimum Gasteiger partial charge on any atom is -0.507 e. The van der Waals surface area contributed by atoms with Gasteiger partial charge in [0, 0.05) is 11.1 Å². The molecule has 0 aliphatic heterocycles. The predicted molar refractivity (Wildman–Crippen MR) is 117 cm³/mol. The van der Waals surface area contributed by atoms with Gasteiger partial charge in [0.15, 0.2) is 0 Å². The number of hydrogen-bond acceptors (Lipinski definition) is 1. The third-order valence-electron chi connectivity index (χ3n) is 4.50. The average molecular weight is 361 g/mol. The molecule has 0 atom stereocenters. The number of benzene rings is 3. The van der Waals surface area contributed by atoms with Crippen molar-refractivity contribution in [1.82, 2.24) is 0 Å². The van der Waals surface area contributed by atoms with Crippen molar-refractivity contribution < 1.29 is 5.11 Å². The quantitative estimate of drug-likeness (QED) is 0.481. The van der Waals surface area contributed by atoms with E-state index in [4.69, 9.17) is 0 Å². The second kappa shape index (κ2) is 8.43. The van der Waals surface area contributed by atoms with Gasteiger partial charge in [-0.3, -0.25) is 0 Å². The fourth-order valence-corrected chi connectivity index (χ4v) is 2.96. The minimum absolute atomic E-state index is 0.0884. The Balaban J connectivity index is 0.000000369. The maximum Gasteiger partial charge on any atom is 0.123 e. The molecule has 1 heteroatoms. The summed E-state index contributed by atoms with van der Waals surface area (Å²) in [6.07, 6.45) is 0. The van der Waals surface area contributed by atoms with Gasteiger partial charge in [-0.05, 0) is 34.1 Å². The van der Waals surface area contributed by atoms with Crippen LogP contribution in [0.2, 0.25) is 0 Å². The maximum atomic E-state index is 10.7.